The minimum Gasteiger partial charge on any atom is -0.271 e. The molecule has 1 aliphatic rings. The lowest BCUT2D eigenvalue weighted by Crippen LogP contribution is -2.29. The van der Waals surface area contributed by atoms with Crippen LogP contribution in [0.2, 0.25) is 0 Å². The summed E-state index contributed by atoms with van der Waals surface area (Å²) >= 11 is 0. The summed E-state index contributed by atoms with van der Waals surface area (Å²) in [5, 5.41) is 0. The summed E-state index contributed by atoms with van der Waals surface area (Å²) in [5.74, 6) is 6.63. The number of nitrogens with one attached hydrogen (secondary N) is 1. The Morgan fingerprint density at radius 3 is 2.43 bits per heavy atom. The van der Waals surface area contributed by atoms with E-state index in [1.807, 2.05) is 0 Å². The summed E-state index contributed by atoms with van der Waals surface area (Å²) < 4.78 is 12.7. The van der Waals surface area contributed by atoms with E-state index in [9.17, 15) is 4.39 Å². The molecule has 0 heterocycles. The fourth-order valence-electron chi connectivity index (χ4n) is 1.95. The zero-order valence-corrected chi connectivity index (χ0v) is 8.20. The third-order valence-corrected chi connectivity index (χ3v) is 3.01. The highest BCUT2D eigenvalue weighted by Gasteiger charge is 2.39. The molecular formula is C11H15FN2. The van der Waals surface area contributed by atoms with E-state index < -0.39 is 0 Å². The molecule has 0 bridgehead atoms. The average molecular weight is 194 g/mol. The van der Waals surface area contributed by atoms with E-state index in [1.165, 1.54) is 18.6 Å². The largest absolute Gasteiger partial charge is 0.271 e. The van der Waals surface area contributed by atoms with Gasteiger partial charge in [-0.15, -0.1) is 0 Å². The van der Waals surface area contributed by atoms with Crippen LogP contribution in [-0.4, -0.2) is 0 Å². The highest BCUT2D eigenvalue weighted by Crippen LogP contribution is 2.46. The number of hydrogen-bond acceptors (Lipinski definition) is 2. The van der Waals surface area contributed by atoms with Crippen molar-refractivity contribution in [2.24, 2.45) is 17.7 Å². The van der Waals surface area contributed by atoms with Crippen molar-refractivity contribution in [2.75, 3.05) is 0 Å². The summed E-state index contributed by atoms with van der Waals surface area (Å²) in [7, 11) is 0. The SMILES string of the molecule is CC1CC1C(NN)c1ccc(F)cc1. The van der Waals surface area contributed by atoms with Crippen LogP contribution in [0, 0.1) is 17.7 Å². The molecule has 2 nitrogen and oxygen atoms in total. The second-order valence-electron chi connectivity index (χ2n) is 4.07. The molecule has 0 aromatic heterocycles. The van der Waals surface area contributed by atoms with E-state index in [1.54, 1.807) is 12.1 Å². The third kappa shape index (κ3) is 1.79. The fraction of sp³-hybridized carbons (Fsp3) is 0.455. The van der Waals surface area contributed by atoms with E-state index in [0.717, 1.165) is 11.5 Å². The molecule has 1 saturated carbocycles. The molecule has 0 aliphatic heterocycles. The molecule has 0 saturated heterocycles. The Bertz CT molecular complexity index is 310. The lowest BCUT2D eigenvalue weighted by atomic mass is 10.0. The Kier molecular flexibility index (Phi) is 2.52. The maximum absolute atomic E-state index is 12.7. The summed E-state index contributed by atoms with van der Waals surface area (Å²) in [6.07, 6.45) is 1.20. The van der Waals surface area contributed by atoms with E-state index >= 15 is 0 Å². The van der Waals surface area contributed by atoms with E-state index in [-0.39, 0.29) is 11.9 Å². The molecule has 0 amide bonds. The second kappa shape index (κ2) is 3.67. The average Bonchev–Trinajstić information content (AvgIpc) is 2.88. The molecule has 1 fully saturated rings. The Balaban J connectivity index is 2.15. The molecule has 3 N–H and O–H groups in total. The van der Waals surface area contributed by atoms with Crippen LogP contribution >= 0.6 is 0 Å². The van der Waals surface area contributed by atoms with Gasteiger partial charge in [-0.3, -0.25) is 11.3 Å². The van der Waals surface area contributed by atoms with Crippen LogP contribution in [0.3, 0.4) is 0 Å². The molecule has 1 aliphatic carbocycles. The third-order valence-electron chi connectivity index (χ3n) is 3.01. The van der Waals surface area contributed by atoms with Crippen LogP contribution in [-0.2, 0) is 0 Å². The van der Waals surface area contributed by atoms with Gasteiger partial charge in [-0.2, -0.15) is 0 Å². The number of rotatable bonds is 3. The van der Waals surface area contributed by atoms with Gasteiger partial charge in [0.15, 0.2) is 0 Å². The Hall–Kier alpha value is -0.930. The first kappa shape index (κ1) is 9.62. The lowest BCUT2D eigenvalue weighted by Gasteiger charge is -2.15. The van der Waals surface area contributed by atoms with Crippen LogP contribution in [0.4, 0.5) is 4.39 Å². The number of benzene rings is 1. The molecule has 1 aromatic carbocycles. The van der Waals surface area contributed by atoms with Crippen molar-refractivity contribution in [3.63, 3.8) is 0 Å². The molecule has 14 heavy (non-hydrogen) atoms. The van der Waals surface area contributed by atoms with Gasteiger partial charge in [-0.05, 0) is 36.0 Å². The van der Waals surface area contributed by atoms with Crippen LogP contribution in [0.1, 0.15) is 24.9 Å². The standard InChI is InChI=1S/C11H15FN2/c1-7-6-10(7)11(14-13)8-2-4-9(12)5-3-8/h2-5,7,10-11,14H,6,13H2,1H3. The molecule has 1 aromatic rings. The Morgan fingerprint density at radius 1 is 1.43 bits per heavy atom. The number of halogens is 1. The summed E-state index contributed by atoms with van der Waals surface area (Å²) in [6, 6.07) is 6.72. The predicted octanol–water partition coefficient (Wildman–Crippen LogP) is 1.99. The van der Waals surface area contributed by atoms with Crippen LogP contribution in [0.15, 0.2) is 24.3 Å². The van der Waals surface area contributed by atoms with Crippen molar-refractivity contribution in [1.82, 2.24) is 5.43 Å². The quantitative estimate of drug-likeness (QED) is 0.570. The van der Waals surface area contributed by atoms with Gasteiger partial charge in [0.2, 0.25) is 0 Å². The van der Waals surface area contributed by atoms with Gasteiger partial charge in [0.05, 0.1) is 0 Å². The first-order chi connectivity index (χ1) is 6.72. The fourth-order valence-corrected chi connectivity index (χ4v) is 1.95. The molecule has 2 rings (SSSR count). The lowest BCUT2D eigenvalue weighted by molar-refractivity contribution is 0.475. The van der Waals surface area contributed by atoms with Crippen LogP contribution in [0.25, 0.3) is 0 Å². The molecule has 3 unspecified atom stereocenters. The smallest absolute Gasteiger partial charge is 0.123 e. The predicted molar refractivity (Wildman–Crippen MR) is 53.7 cm³/mol. The monoisotopic (exact) mass is 194 g/mol. The maximum Gasteiger partial charge on any atom is 0.123 e. The minimum atomic E-state index is -0.201. The Labute approximate surface area is 83.3 Å². The second-order valence-corrected chi connectivity index (χ2v) is 4.07. The minimum absolute atomic E-state index is 0.172. The highest BCUT2D eigenvalue weighted by atomic mass is 19.1. The first-order valence-corrected chi connectivity index (χ1v) is 4.94. The van der Waals surface area contributed by atoms with Gasteiger partial charge < -0.3 is 0 Å². The maximum atomic E-state index is 12.7. The van der Waals surface area contributed by atoms with Crippen molar-refractivity contribution >= 4 is 0 Å². The molecule has 3 heteroatoms. The normalized spacial score (nSPS) is 27.4. The van der Waals surface area contributed by atoms with Gasteiger partial charge in [0.25, 0.3) is 0 Å². The van der Waals surface area contributed by atoms with Crippen LogP contribution < -0.4 is 11.3 Å². The molecule has 0 radical (unpaired) electrons. The van der Waals surface area contributed by atoms with Crippen molar-refractivity contribution in [3.8, 4) is 0 Å². The number of hydrogen-bond donors (Lipinski definition) is 2. The van der Waals surface area contributed by atoms with Crippen molar-refractivity contribution in [2.45, 2.75) is 19.4 Å². The van der Waals surface area contributed by atoms with Crippen molar-refractivity contribution in [3.05, 3.63) is 35.6 Å². The number of nitrogens with two attached hydrogens (primary N) is 1. The van der Waals surface area contributed by atoms with Gasteiger partial charge in [0, 0.05) is 6.04 Å². The van der Waals surface area contributed by atoms with E-state index in [4.69, 9.17) is 5.84 Å². The summed E-state index contributed by atoms with van der Waals surface area (Å²) in [4.78, 5) is 0. The zero-order valence-electron chi connectivity index (χ0n) is 8.20. The van der Waals surface area contributed by atoms with Gasteiger partial charge in [-0.1, -0.05) is 19.1 Å². The highest BCUT2D eigenvalue weighted by molar-refractivity contribution is 5.22. The topological polar surface area (TPSA) is 38.0 Å². The first-order valence-electron chi connectivity index (χ1n) is 4.94. The van der Waals surface area contributed by atoms with Crippen molar-refractivity contribution in [1.29, 1.82) is 0 Å². The summed E-state index contributed by atoms with van der Waals surface area (Å²) in [6.45, 7) is 2.21. The molecule has 76 valence electrons. The Morgan fingerprint density at radius 2 is 2.00 bits per heavy atom. The van der Waals surface area contributed by atoms with Gasteiger partial charge >= 0.3 is 0 Å². The molecular weight excluding hydrogens is 179 g/mol. The van der Waals surface area contributed by atoms with Crippen molar-refractivity contribution < 1.29 is 4.39 Å². The van der Waals surface area contributed by atoms with E-state index in [2.05, 4.69) is 12.3 Å². The summed E-state index contributed by atoms with van der Waals surface area (Å²) in [5.41, 5.74) is 3.88. The molecule has 3 atom stereocenters. The zero-order chi connectivity index (χ0) is 10.1. The van der Waals surface area contributed by atoms with Gasteiger partial charge in [-0.25, -0.2) is 4.39 Å². The van der Waals surface area contributed by atoms with Crippen LogP contribution in [0.5, 0.6) is 0 Å². The molecule has 0 spiro atoms. The van der Waals surface area contributed by atoms with Gasteiger partial charge in [0.1, 0.15) is 5.82 Å². The van der Waals surface area contributed by atoms with E-state index in [0.29, 0.717) is 5.92 Å². The number of hydrazine groups is 1.